The van der Waals surface area contributed by atoms with Crippen LogP contribution in [0, 0.1) is 5.92 Å². The smallest absolute Gasteiger partial charge is 0.0223 e. The van der Waals surface area contributed by atoms with Crippen molar-refractivity contribution in [1.29, 1.82) is 0 Å². The predicted molar refractivity (Wildman–Crippen MR) is 87.0 cm³/mol. The van der Waals surface area contributed by atoms with Crippen molar-refractivity contribution in [1.82, 2.24) is 10.2 Å². The summed E-state index contributed by atoms with van der Waals surface area (Å²) in [5, 5.41) is 3.85. The van der Waals surface area contributed by atoms with Gasteiger partial charge < -0.3 is 5.32 Å². The lowest BCUT2D eigenvalue weighted by atomic mass is 9.83. The second-order valence-electron chi connectivity index (χ2n) is 6.44. The van der Waals surface area contributed by atoms with E-state index in [1.165, 1.54) is 70.3 Å². The van der Waals surface area contributed by atoms with Crippen LogP contribution >= 0.6 is 11.8 Å². The van der Waals surface area contributed by atoms with E-state index in [1.807, 2.05) is 11.8 Å². The van der Waals surface area contributed by atoms with Crippen molar-refractivity contribution in [2.75, 3.05) is 31.6 Å². The first-order valence-electron chi connectivity index (χ1n) is 8.27. The Morgan fingerprint density at radius 1 is 1.21 bits per heavy atom. The first-order valence-corrected chi connectivity index (χ1v) is 9.67. The van der Waals surface area contributed by atoms with Gasteiger partial charge in [-0.15, -0.1) is 0 Å². The van der Waals surface area contributed by atoms with Crippen molar-refractivity contribution in [3.63, 3.8) is 0 Å². The van der Waals surface area contributed by atoms with E-state index in [1.54, 1.807) is 0 Å². The minimum Gasteiger partial charge on any atom is -0.312 e. The van der Waals surface area contributed by atoms with E-state index >= 15 is 0 Å². The van der Waals surface area contributed by atoms with Gasteiger partial charge in [0.1, 0.15) is 0 Å². The van der Waals surface area contributed by atoms with Gasteiger partial charge in [0, 0.05) is 18.6 Å². The molecule has 2 aliphatic rings. The van der Waals surface area contributed by atoms with Gasteiger partial charge in [0.05, 0.1) is 0 Å². The maximum atomic E-state index is 3.85. The largest absolute Gasteiger partial charge is 0.312 e. The molecule has 0 aromatic carbocycles. The van der Waals surface area contributed by atoms with Gasteiger partial charge in [0.15, 0.2) is 0 Å². The second-order valence-corrected chi connectivity index (χ2v) is 7.42. The average Bonchev–Trinajstić information content (AvgIpc) is 2.71. The third kappa shape index (κ3) is 4.95. The topological polar surface area (TPSA) is 15.3 Å². The molecule has 1 aliphatic heterocycles. The Morgan fingerprint density at radius 3 is 2.74 bits per heavy atom. The van der Waals surface area contributed by atoms with E-state index in [-0.39, 0.29) is 0 Å². The molecule has 1 saturated heterocycles. The van der Waals surface area contributed by atoms with Gasteiger partial charge in [-0.3, -0.25) is 4.90 Å². The summed E-state index contributed by atoms with van der Waals surface area (Å²) in [4.78, 5) is 2.76. The SMILES string of the molecule is CSCCC(C)N1CCCNC(C2CCCCC2)C1. The van der Waals surface area contributed by atoms with Crippen LogP contribution in [0.1, 0.15) is 51.9 Å². The van der Waals surface area contributed by atoms with E-state index in [2.05, 4.69) is 23.4 Å². The summed E-state index contributed by atoms with van der Waals surface area (Å²) in [5.41, 5.74) is 0. The first kappa shape index (κ1) is 15.7. The zero-order valence-corrected chi connectivity index (χ0v) is 13.7. The fourth-order valence-corrected chi connectivity index (χ4v) is 4.28. The molecule has 2 atom stereocenters. The molecule has 19 heavy (non-hydrogen) atoms. The molecule has 0 bridgehead atoms. The molecular formula is C16H32N2S. The van der Waals surface area contributed by atoms with Crippen LogP contribution in [0.3, 0.4) is 0 Å². The van der Waals surface area contributed by atoms with Gasteiger partial charge in [-0.2, -0.15) is 11.8 Å². The Kier molecular flexibility index (Phi) is 7.03. The number of nitrogens with zero attached hydrogens (tertiary/aromatic N) is 1. The molecule has 1 saturated carbocycles. The van der Waals surface area contributed by atoms with E-state index < -0.39 is 0 Å². The molecule has 0 radical (unpaired) electrons. The van der Waals surface area contributed by atoms with Crippen molar-refractivity contribution in [2.45, 2.75) is 64.0 Å². The fraction of sp³-hybridized carbons (Fsp3) is 1.00. The summed E-state index contributed by atoms with van der Waals surface area (Å²) in [5.74, 6) is 2.25. The lowest BCUT2D eigenvalue weighted by molar-refractivity contribution is 0.167. The fourth-order valence-electron chi connectivity index (χ4n) is 3.70. The first-order chi connectivity index (χ1) is 9.31. The van der Waals surface area contributed by atoms with Crippen LogP contribution in [0.4, 0.5) is 0 Å². The Hall–Kier alpha value is 0.270. The summed E-state index contributed by atoms with van der Waals surface area (Å²) in [6.45, 7) is 6.25. The molecule has 2 fully saturated rings. The molecule has 1 heterocycles. The molecule has 3 heteroatoms. The predicted octanol–water partition coefficient (Wildman–Crippen LogP) is 3.37. The van der Waals surface area contributed by atoms with Crippen LogP contribution in [0.25, 0.3) is 0 Å². The Labute approximate surface area is 124 Å². The molecule has 0 aromatic heterocycles. The third-order valence-electron chi connectivity index (χ3n) is 5.04. The number of thioether (sulfide) groups is 1. The number of rotatable bonds is 5. The molecule has 0 amide bonds. The Balaban J connectivity index is 1.86. The van der Waals surface area contributed by atoms with E-state index in [0.29, 0.717) is 0 Å². The zero-order valence-electron chi connectivity index (χ0n) is 12.9. The van der Waals surface area contributed by atoms with E-state index in [9.17, 15) is 0 Å². The van der Waals surface area contributed by atoms with Gasteiger partial charge in [0.2, 0.25) is 0 Å². The number of hydrogen-bond acceptors (Lipinski definition) is 3. The minimum absolute atomic E-state index is 0.762. The molecular weight excluding hydrogens is 252 g/mol. The molecule has 2 nitrogen and oxygen atoms in total. The van der Waals surface area contributed by atoms with Crippen LogP contribution in [0.2, 0.25) is 0 Å². The normalized spacial score (nSPS) is 29.1. The monoisotopic (exact) mass is 284 g/mol. The van der Waals surface area contributed by atoms with Crippen molar-refractivity contribution in [3.05, 3.63) is 0 Å². The van der Waals surface area contributed by atoms with Gasteiger partial charge in [0.25, 0.3) is 0 Å². The van der Waals surface area contributed by atoms with Crippen molar-refractivity contribution in [3.8, 4) is 0 Å². The molecule has 1 aliphatic carbocycles. The van der Waals surface area contributed by atoms with E-state index in [0.717, 1.165) is 18.0 Å². The number of hydrogen-bond donors (Lipinski definition) is 1. The van der Waals surface area contributed by atoms with Crippen LogP contribution < -0.4 is 5.32 Å². The number of nitrogens with one attached hydrogen (secondary N) is 1. The third-order valence-corrected chi connectivity index (χ3v) is 5.69. The maximum absolute atomic E-state index is 3.85. The van der Waals surface area contributed by atoms with Crippen LogP contribution in [0.5, 0.6) is 0 Å². The van der Waals surface area contributed by atoms with Crippen LogP contribution in [0.15, 0.2) is 0 Å². The summed E-state index contributed by atoms with van der Waals surface area (Å²) in [6.07, 6.45) is 12.2. The molecule has 0 spiro atoms. The molecule has 1 N–H and O–H groups in total. The highest BCUT2D eigenvalue weighted by Gasteiger charge is 2.28. The lowest BCUT2D eigenvalue weighted by Crippen LogP contribution is -2.46. The van der Waals surface area contributed by atoms with Crippen molar-refractivity contribution in [2.24, 2.45) is 5.92 Å². The van der Waals surface area contributed by atoms with Gasteiger partial charge in [-0.25, -0.2) is 0 Å². The highest BCUT2D eigenvalue weighted by molar-refractivity contribution is 7.98. The molecule has 2 unspecified atom stereocenters. The summed E-state index contributed by atoms with van der Waals surface area (Å²) >= 11 is 1.99. The Bertz CT molecular complexity index is 241. The van der Waals surface area contributed by atoms with Crippen LogP contribution in [-0.4, -0.2) is 48.6 Å². The molecule has 112 valence electrons. The highest BCUT2D eigenvalue weighted by Crippen LogP contribution is 2.28. The summed E-state index contributed by atoms with van der Waals surface area (Å²) in [7, 11) is 0. The quantitative estimate of drug-likeness (QED) is 0.833. The zero-order chi connectivity index (χ0) is 13.5. The molecule has 2 rings (SSSR count). The second kappa shape index (κ2) is 8.53. The van der Waals surface area contributed by atoms with Gasteiger partial charge in [-0.05, 0) is 63.6 Å². The average molecular weight is 285 g/mol. The van der Waals surface area contributed by atoms with Crippen molar-refractivity contribution >= 4 is 11.8 Å². The Morgan fingerprint density at radius 2 is 2.00 bits per heavy atom. The van der Waals surface area contributed by atoms with Gasteiger partial charge >= 0.3 is 0 Å². The molecule has 0 aromatic rings. The highest BCUT2D eigenvalue weighted by atomic mass is 32.2. The van der Waals surface area contributed by atoms with Gasteiger partial charge in [-0.1, -0.05) is 19.3 Å². The standard InChI is InChI=1S/C16H32N2S/c1-14(9-12-19-2)18-11-6-10-17-16(13-18)15-7-4-3-5-8-15/h14-17H,3-13H2,1-2H3. The lowest BCUT2D eigenvalue weighted by Gasteiger charge is -2.35. The minimum atomic E-state index is 0.762. The maximum Gasteiger partial charge on any atom is 0.0223 e. The van der Waals surface area contributed by atoms with E-state index in [4.69, 9.17) is 0 Å². The van der Waals surface area contributed by atoms with Crippen molar-refractivity contribution < 1.29 is 0 Å². The summed E-state index contributed by atoms with van der Waals surface area (Å²) in [6, 6.07) is 1.53. The summed E-state index contributed by atoms with van der Waals surface area (Å²) < 4.78 is 0. The van der Waals surface area contributed by atoms with Crippen LogP contribution in [-0.2, 0) is 0 Å².